The lowest BCUT2D eigenvalue weighted by molar-refractivity contribution is -0.121. The predicted octanol–water partition coefficient (Wildman–Crippen LogP) is 3.41. The van der Waals surface area contributed by atoms with Crippen LogP contribution >= 0.6 is 0 Å². The van der Waals surface area contributed by atoms with Gasteiger partial charge in [-0.2, -0.15) is 0 Å². The monoisotopic (exact) mass is 344 g/mol. The second kappa shape index (κ2) is 8.19. The lowest BCUT2D eigenvalue weighted by Crippen LogP contribution is -2.26. The van der Waals surface area contributed by atoms with Crippen LogP contribution in [0.1, 0.15) is 45.6 Å². The summed E-state index contributed by atoms with van der Waals surface area (Å²) in [6.45, 7) is 7.25. The molecule has 0 aliphatic heterocycles. The van der Waals surface area contributed by atoms with Crippen LogP contribution in [0.15, 0.2) is 29.1 Å². The lowest BCUT2D eigenvalue weighted by Gasteiger charge is -2.17. The molecule has 0 aliphatic rings. The van der Waals surface area contributed by atoms with Gasteiger partial charge in [0, 0.05) is 29.4 Å². The molecule has 136 valence electrons. The molecular formula is C20H28N2O3. The number of benzene rings is 1. The molecule has 0 atom stereocenters. The first-order chi connectivity index (χ1) is 11.8. The van der Waals surface area contributed by atoms with Gasteiger partial charge in [0.2, 0.25) is 5.91 Å². The highest BCUT2D eigenvalue weighted by atomic mass is 16.5. The highest BCUT2D eigenvalue weighted by Crippen LogP contribution is 2.20. The van der Waals surface area contributed by atoms with E-state index >= 15 is 0 Å². The third kappa shape index (κ3) is 5.93. The van der Waals surface area contributed by atoms with Crippen molar-refractivity contribution in [3.8, 4) is 5.75 Å². The third-order valence-electron chi connectivity index (χ3n) is 4.18. The second-order valence-electron chi connectivity index (χ2n) is 7.59. The van der Waals surface area contributed by atoms with Crippen LogP contribution in [0.5, 0.6) is 5.75 Å². The molecule has 0 bridgehead atoms. The van der Waals surface area contributed by atoms with Crippen LogP contribution in [-0.4, -0.2) is 24.5 Å². The Morgan fingerprint density at radius 2 is 2.00 bits per heavy atom. The van der Waals surface area contributed by atoms with Crippen molar-refractivity contribution in [1.82, 2.24) is 10.3 Å². The maximum Gasteiger partial charge on any atom is 0.251 e. The number of amides is 1. The number of rotatable bonds is 7. The summed E-state index contributed by atoms with van der Waals surface area (Å²) in [7, 11) is 1.61. The van der Waals surface area contributed by atoms with Crippen molar-refractivity contribution in [2.45, 2.75) is 46.5 Å². The minimum Gasteiger partial charge on any atom is -0.497 e. The molecule has 0 fully saturated rings. The fraction of sp³-hybridized carbons (Fsp3) is 0.500. The van der Waals surface area contributed by atoms with Crippen molar-refractivity contribution in [2.24, 2.45) is 5.41 Å². The molecule has 0 unspecified atom stereocenters. The summed E-state index contributed by atoms with van der Waals surface area (Å²) >= 11 is 0. The minimum atomic E-state index is -0.141. The number of carbonyl (C=O) groups excluding carboxylic acids is 1. The van der Waals surface area contributed by atoms with Crippen LogP contribution in [0.4, 0.5) is 0 Å². The summed E-state index contributed by atoms with van der Waals surface area (Å²) in [5.41, 5.74) is 1.52. The summed E-state index contributed by atoms with van der Waals surface area (Å²) in [5, 5.41) is 3.83. The number of aryl methyl sites for hydroxylation is 1. The van der Waals surface area contributed by atoms with E-state index in [9.17, 15) is 9.59 Å². The van der Waals surface area contributed by atoms with Crippen LogP contribution in [-0.2, 0) is 11.2 Å². The van der Waals surface area contributed by atoms with E-state index in [0.717, 1.165) is 29.5 Å². The molecule has 0 spiro atoms. The molecule has 0 radical (unpaired) electrons. The van der Waals surface area contributed by atoms with E-state index in [1.165, 1.54) is 0 Å². The Balaban J connectivity index is 1.92. The Hall–Kier alpha value is -2.30. The maximum atomic E-state index is 12.2. The van der Waals surface area contributed by atoms with Gasteiger partial charge < -0.3 is 15.0 Å². The van der Waals surface area contributed by atoms with Crippen molar-refractivity contribution < 1.29 is 9.53 Å². The zero-order chi connectivity index (χ0) is 18.4. The van der Waals surface area contributed by atoms with Crippen LogP contribution < -0.4 is 15.6 Å². The molecule has 1 amide bonds. The maximum absolute atomic E-state index is 12.2. The van der Waals surface area contributed by atoms with Crippen molar-refractivity contribution in [3.05, 3.63) is 40.2 Å². The van der Waals surface area contributed by atoms with Gasteiger partial charge in [-0.1, -0.05) is 20.8 Å². The summed E-state index contributed by atoms with van der Waals surface area (Å²) in [4.78, 5) is 27.0. The smallest absolute Gasteiger partial charge is 0.251 e. The minimum absolute atomic E-state index is 0.0148. The average Bonchev–Trinajstić information content (AvgIpc) is 2.55. The Labute approximate surface area is 148 Å². The summed E-state index contributed by atoms with van der Waals surface area (Å²) in [6, 6.07) is 7.34. The SMILES string of the molecule is COc1ccc2[nH]c(=O)c(CCC(=O)NCCCC(C)(C)C)cc2c1. The lowest BCUT2D eigenvalue weighted by atomic mass is 9.91. The molecule has 0 aliphatic carbocycles. The molecular weight excluding hydrogens is 316 g/mol. The number of methoxy groups -OCH3 is 1. The van der Waals surface area contributed by atoms with Crippen LogP contribution in [0.2, 0.25) is 0 Å². The quantitative estimate of drug-likeness (QED) is 0.756. The average molecular weight is 344 g/mol. The van der Waals surface area contributed by atoms with Gasteiger partial charge in [-0.3, -0.25) is 9.59 Å². The van der Waals surface area contributed by atoms with E-state index in [0.29, 0.717) is 24.9 Å². The van der Waals surface area contributed by atoms with Crippen LogP contribution in [0, 0.1) is 5.41 Å². The summed E-state index contributed by atoms with van der Waals surface area (Å²) in [6.07, 6.45) is 2.77. The van der Waals surface area contributed by atoms with Gasteiger partial charge in [0.1, 0.15) is 5.75 Å². The van der Waals surface area contributed by atoms with E-state index in [2.05, 4.69) is 31.1 Å². The number of ether oxygens (including phenoxy) is 1. The zero-order valence-corrected chi connectivity index (χ0v) is 15.6. The van der Waals surface area contributed by atoms with Gasteiger partial charge >= 0.3 is 0 Å². The number of hydrogen-bond donors (Lipinski definition) is 2. The number of hydrogen-bond acceptors (Lipinski definition) is 3. The standard InChI is InChI=1S/C20H28N2O3/c1-20(2,3)10-5-11-21-18(23)9-6-14-12-15-13-16(25-4)7-8-17(15)22-19(14)24/h7-8,12-13H,5-6,9-11H2,1-4H3,(H,21,23)(H,22,24). The molecule has 5 nitrogen and oxygen atoms in total. The number of nitrogens with one attached hydrogen (secondary N) is 2. The molecule has 25 heavy (non-hydrogen) atoms. The molecule has 2 N–H and O–H groups in total. The Kier molecular flexibility index (Phi) is 6.23. The van der Waals surface area contributed by atoms with Gasteiger partial charge in [0.15, 0.2) is 0 Å². The first-order valence-electron chi connectivity index (χ1n) is 8.75. The zero-order valence-electron chi connectivity index (χ0n) is 15.6. The van der Waals surface area contributed by atoms with E-state index in [1.54, 1.807) is 7.11 Å². The van der Waals surface area contributed by atoms with Gasteiger partial charge in [-0.25, -0.2) is 0 Å². The fourth-order valence-electron chi connectivity index (χ4n) is 2.73. The van der Waals surface area contributed by atoms with Crippen molar-refractivity contribution in [2.75, 3.05) is 13.7 Å². The Bertz CT molecular complexity index is 788. The first-order valence-corrected chi connectivity index (χ1v) is 8.75. The normalized spacial score (nSPS) is 11.5. The molecule has 2 aromatic rings. The number of carbonyl (C=O) groups is 1. The highest BCUT2D eigenvalue weighted by molar-refractivity contribution is 5.81. The van der Waals surface area contributed by atoms with Gasteiger partial charge in [-0.15, -0.1) is 0 Å². The van der Waals surface area contributed by atoms with E-state index in [1.807, 2.05) is 24.3 Å². The Morgan fingerprint density at radius 1 is 1.24 bits per heavy atom. The number of aromatic nitrogens is 1. The highest BCUT2D eigenvalue weighted by Gasteiger charge is 2.10. The van der Waals surface area contributed by atoms with E-state index in [-0.39, 0.29) is 16.9 Å². The molecule has 1 aromatic heterocycles. The molecule has 1 aromatic carbocycles. The predicted molar refractivity (Wildman–Crippen MR) is 101 cm³/mol. The molecule has 1 heterocycles. The van der Waals surface area contributed by atoms with Crippen molar-refractivity contribution >= 4 is 16.8 Å². The molecule has 2 rings (SSSR count). The van der Waals surface area contributed by atoms with Crippen molar-refractivity contribution in [1.29, 1.82) is 0 Å². The van der Waals surface area contributed by atoms with Crippen LogP contribution in [0.25, 0.3) is 10.9 Å². The molecule has 5 heteroatoms. The topological polar surface area (TPSA) is 71.2 Å². The number of H-pyrrole nitrogens is 1. The Morgan fingerprint density at radius 3 is 2.68 bits per heavy atom. The van der Waals surface area contributed by atoms with E-state index < -0.39 is 0 Å². The second-order valence-corrected chi connectivity index (χ2v) is 7.59. The number of aromatic amines is 1. The summed E-state index contributed by atoms with van der Waals surface area (Å²) < 4.78 is 5.21. The van der Waals surface area contributed by atoms with Gasteiger partial charge in [-0.05, 0) is 48.9 Å². The van der Waals surface area contributed by atoms with Gasteiger partial charge in [0.25, 0.3) is 5.56 Å². The number of pyridine rings is 1. The molecule has 0 saturated heterocycles. The number of fused-ring (bicyclic) bond motifs is 1. The van der Waals surface area contributed by atoms with Crippen molar-refractivity contribution in [3.63, 3.8) is 0 Å². The van der Waals surface area contributed by atoms with Gasteiger partial charge in [0.05, 0.1) is 7.11 Å². The largest absolute Gasteiger partial charge is 0.497 e. The first kappa shape index (κ1) is 19.0. The van der Waals surface area contributed by atoms with E-state index in [4.69, 9.17) is 4.74 Å². The summed E-state index contributed by atoms with van der Waals surface area (Å²) in [5.74, 6) is 0.723. The fourth-order valence-corrected chi connectivity index (χ4v) is 2.73. The third-order valence-corrected chi connectivity index (χ3v) is 4.18. The molecule has 0 saturated carbocycles. The van der Waals surface area contributed by atoms with Crippen LogP contribution in [0.3, 0.4) is 0 Å².